The molecule has 2 N–H and O–H groups in total. The van der Waals surface area contributed by atoms with Crippen LogP contribution >= 0.6 is 11.8 Å². The Morgan fingerprint density at radius 1 is 1.26 bits per heavy atom. The van der Waals surface area contributed by atoms with Gasteiger partial charge in [-0.15, -0.1) is 0 Å². The number of rotatable bonds is 7. The zero-order valence-corrected chi connectivity index (χ0v) is 11.9. The van der Waals surface area contributed by atoms with Gasteiger partial charge in [0.05, 0.1) is 5.75 Å². The monoisotopic (exact) mass is 277 g/mol. The maximum atomic E-state index is 5.53. The first kappa shape index (κ1) is 14.1. The maximum Gasteiger partial charge on any atom is 0.257 e. The van der Waals surface area contributed by atoms with E-state index in [9.17, 15) is 0 Å². The molecule has 0 saturated heterocycles. The van der Waals surface area contributed by atoms with Crippen LogP contribution in [0.4, 0.5) is 0 Å². The average molecular weight is 277 g/mol. The quantitative estimate of drug-likeness (QED) is 0.788. The summed E-state index contributed by atoms with van der Waals surface area (Å²) in [7, 11) is 0. The van der Waals surface area contributed by atoms with Gasteiger partial charge in [-0.1, -0.05) is 24.2 Å². The largest absolute Gasteiger partial charge is 0.334 e. The number of thioether (sulfide) groups is 1. The molecule has 0 bridgehead atoms. The highest BCUT2D eigenvalue weighted by atomic mass is 32.2. The summed E-state index contributed by atoms with van der Waals surface area (Å²) in [5.74, 6) is 3.28. The van der Waals surface area contributed by atoms with E-state index in [1.807, 2.05) is 23.9 Å². The third kappa shape index (κ3) is 4.08. The Morgan fingerprint density at radius 2 is 2.05 bits per heavy atom. The van der Waals surface area contributed by atoms with Crippen molar-refractivity contribution in [2.24, 2.45) is 5.73 Å². The molecule has 0 amide bonds. The lowest BCUT2D eigenvalue weighted by molar-refractivity contribution is 0.425. The van der Waals surface area contributed by atoms with Crippen molar-refractivity contribution >= 4 is 11.8 Å². The number of aromatic nitrogens is 2. The topological polar surface area (TPSA) is 64.9 Å². The molecular weight excluding hydrogens is 258 g/mol. The van der Waals surface area contributed by atoms with Gasteiger partial charge in [-0.3, -0.25) is 0 Å². The standard InChI is InChI=1S/C14H19N3OS/c1-2-9-19-10-13-16-14(18-17-13)12-5-3-11(4-6-12)7-8-15/h3-6H,2,7-10,15H2,1H3. The van der Waals surface area contributed by atoms with Crippen molar-refractivity contribution < 1.29 is 4.52 Å². The van der Waals surface area contributed by atoms with Gasteiger partial charge in [0.15, 0.2) is 5.82 Å². The second-order valence-electron chi connectivity index (χ2n) is 4.30. The van der Waals surface area contributed by atoms with E-state index in [-0.39, 0.29) is 0 Å². The van der Waals surface area contributed by atoms with Crippen LogP contribution in [0, 0.1) is 0 Å². The SMILES string of the molecule is CCCSCc1noc(-c2ccc(CCN)cc2)n1. The zero-order valence-electron chi connectivity index (χ0n) is 11.1. The number of nitrogens with two attached hydrogens (primary N) is 1. The lowest BCUT2D eigenvalue weighted by atomic mass is 10.1. The van der Waals surface area contributed by atoms with E-state index in [0.717, 1.165) is 35.7 Å². The molecule has 1 heterocycles. The Morgan fingerprint density at radius 3 is 2.74 bits per heavy atom. The van der Waals surface area contributed by atoms with E-state index in [0.29, 0.717) is 12.4 Å². The van der Waals surface area contributed by atoms with Gasteiger partial charge in [0.2, 0.25) is 0 Å². The predicted molar refractivity (Wildman–Crippen MR) is 78.9 cm³/mol. The van der Waals surface area contributed by atoms with E-state index in [4.69, 9.17) is 10.3 Å². The smallest absolute Gasteiger partial charge is 0.257 e. The highest BCUT2D eigenvalue weighted by Crippen LogP contribution is 2.19. The van der Waals surface area contributed by atoms with Crippen LogP contribution in [-0.2, 0) is 12.2 Å². The van der Waals surface area contributed by atoms with Gasteiger partial charge in [0.25, 0.3) is 5.89 Å². The fourth-order valence-corrected chi connectivity index (χ4v) is 2.45. The highest BCUT2D eigenvalue weighted by Gasteiger charge is 2.08. The predicted octanol–water partition coefficient (Wildman–Crippen LogP) is 2.88. The fraction of sp³-hybridized carbons (Fsp3) is 0.429. The average Bonchev–Trinajstić information content (AvgIpc) is 2.89. The maximum absolute atomic E-state index is 5.53. The van der Waals surface area contributed by atoms with Crippen LogP contribution in [0.2, 0.25) is 0 Å². The minimum atomic E-state index is 0.589. The van der Waals surface area contributed by atoms with Crippen molar-refractivity contribution in [3.63, 3.8) is 0 Å². The molecule has 0 aliphatic carbocycles. The van der Waals surface area contributed by atoms with E-state index in [1.54, 1.807) is 0 Å². The number of hydrogen-bond donors (Lipinski definition) is 1. The summed E-state index contributed by atoms with van der Waals surface area (Å²) in [4.78, 5) is 4.40. The van der Waals surface area contributed by atoms with Crippen LogP contribution < -0.4 is 5.73 Å². The molecule has 2 rings (SSSR count). The van der Waals surface area contributed by atoms with E-state index >= 15 is 0 Å². The Kier molecular flexibility index (Phi) is 5.42. The lowest BCUT2D eigenvalue weighted by Gasteiger charge is -1.99. The Bertz CT molecular complexity index is 496. The normalized spacial score (nSPS) is 10.8. The summed E-state index contributed by atoms with van der Waals surface area (Å²) < 4.78 is 5.28. The molecule has 0 radical (unpaired) electrons. The molecule has 19 heavy (non-hydrogen) atoms. The van der Waals surface area contributed by atoms with Crippen LogP contribution in [0.25, 0.3) is 11.5 Å². The number of benzene rings is 1. The molecule has 0 fully saturated rings. The van der Waals surface area contributed by atoms with E-state index in [1.165, 1.54) is 5.56 Å². The van der Waals surface area contributed by atoms with Gasteiger partial charge in [0.1, 0.15) is 0 Å². The third-order valence-corrected chi connectivity index (χ3v) is 3.84. The molecule has 0 aliphatic rings. The molecule has 102 valence electrons. The van der Waals surface area contributed by atoms with Crippen LogP contribution in [0.5, 0.6) is 0 Å². The fourth-order valence-electron chi connectivity index (χ4n) is 1.72. The first-order chi connectivity index (χ1) is 9.33. The molecule has 1 aromatic heterocycles. The molecule has 0 aliphatic heterocycles. The van der Waals surface area contributed by atoms with Gasteiger partial charge in [0, 0.05) is 5.56 Å². The van der Waals surface area contributed by atoms with Crippen LogP contribution in [0.3, 0.4) is 0 Å². The highest BCUT2D eigenvalue weighted by molar-refractivity contribution is 7.98. The Balaban J connectivity index is 2.01. The van der Waals surface area contributed by atoms with Crippen LogP contribution in [0.1, 0.15) is 24.7 Å². The van der Waals surface area contributed by atoms with Crippen molar-refractivity contribution in [1.82, 2.24) is 10.1 Å². The number of hydrogen-bond acceptors (Lipinski definition) is 5. The second kappa shape index (κ2) is 7.31. The molecule has 1 aromatic carbocycles. The van der Waals surface area contributed by atoms with Crippen LogP contribution in [-0.4, -0.2) is 22.4 Å². The minimum Gasteiger partial charge on any atom is -0.334 e. The first-order valence-electron chi connectivity index (χ1n) is 6.53. The van der Waals surface area contributed by atoms with Crippen molar-refractivity contribution in [3.05, 3.63) is 35.7 Å². The van der Waals surface area contributed by atoms with Gasteiger partial charge in [-0.05, 0) is 42.8 Å². The van der Waals surface area contributed by atoms with E-state index < -0.39 is 0 Å². The lowest BCUT2D eigenvalue weighted by Crippen LogP contribution is -2.02. The van der Waals surface area contributed by atoms with Crippen LogP contribution in [0.15, 0.2) is 28.8 Å². The minimum absolute atomic E-state index is 0.589. The summed E-state index contributed by atoms with van der Waals surface area (Å²) in [6.07, 6.45) is 2.06. The number of nitrogens with zero attached hydrogens (tertiary/aromatic N) is 2. The Hall–Kier alpha value is -1.33. The second-order valence-corrected chi connectivity index (χ2v) is 5.41. The third-order valence-electron chi connectivity index (χ3n) is 2.68. The summed E-state index contributed by atoms with van der Waals surface area (Å²) in [5, 5.41) is 4.00. The molecule has 0 atom stereocenters. The molecule has 5 heteroatoms. The van der Waals surface area contributed by atoms with Gasteiger partial charge in [-0.25, -0.2) is 0 Å². The molecule has 4 nitrogen and oxygen atoms in total. The van der Waals surface area contributed by atoms with Crippen molar-refractivity contribution in [2.75, 3.05) is 12.3 Å². The molecular formula is C14H19N3OS. The molecule has 0 spiro atoms. The van der Waals surface area contributed by atoms with Crippen molar-refractivity contribution in [1.29, 1.82) is 0 Å². The Labute approximate surface area is 117 Å². The molecule has 0 saturated carbocycles. The van der Waals surface area contributed by atoms with Crippen molar-refractivity contribution in [2.45, 2.75) is 25.5 Å². The van der Waals surface area contributed by atoms with E-state index in [2.05, 4.69) is 29.2 Å². The summed E-state index contributed by atoms with van der Waals surface area (Å²) in [6.45, 7) is 2.83. The summed E-state index contributed by atoms with van der Waals surface area (Å²) >= 11 is 1.83. The first-order valence-corrected chi connectivity index (χ1v) is 7.68. The summed E-state index contributed by atoms with van der Waals surface area (Å²) in [5.41, 5.74) is 7.71. The van der Waals surface area contributed by atoms with Gasteiger partial charge < -0.3 is 10.3 Å². The van der Waals surface area contributed by atoms with Crippen molar-refractivity contribution in [3.8, 4) is 11.5 Å². The summed E-state index contributed by atoms with van der Waals surface area (Å²) in [6, 6.07) is 8.11. The molecule has 2 aromatic rings. The van der Waals surface area contributed by atoms with Gasteiger partial charge >= 0.3 is 0 Å². The molecule has 0 unspecified atom stereocenters. The van der Waals surface area contributed by atoms with Gasteiger partial charge in [-0.2, -0.15) is 16.7 Å². The zero-order chi connectivity index (χ0) is 13.5.